The number of carbonyl (C=O) groups excluding carboxylic acids is 1. The van der Waals surface area contributed by atoms with Crippen LogP contribution in [0.4, 0.5) is 11.4 Å². The molecule has 1 heterocycles. The molecule has 0 aliphatic carbocycles. The second-order valence-corrected chi connectivity index (χ2v) is 7.24. The van der Waals surface area contributed by atoms with Crippen LogP contribution in [0.25, 0.3) is 6.08 Å². The van der Waals surface area contributed by atoms with E-state index in [-0.39, 0.29) is 5.91 Å². The number of aliphatic imine (C=N–C) groups is 1. The van der Waals surface area contributed by atoms with Crippen LogP contribution in [0.1, 0.15) is 11.1 Å². The Kier molecular flexibility index (Phi) is 4.90. The molecule has 0 atom stereocenters. The third-order valence-corrected chi connectivity index (χ3v) is 5.15. The minimum absolute atomic E-state index is 0.0547. The third kappa shape index (κ3) is 3.86. The van der Waals surface area contributed by atoms with E-state index in [9.17, 15) is 4.79 Å². The van der Waals surface area contributed by atoms with Gasteiger partial charge in [0.15, 0.2) is 5.17 Å². The van der Waals surface area contributed by atoms with Gasteiger partial charge in [0.2, 0.25) is 0 Å². The number of thioether (sulfide) groups is 1. The van der Waals surface area contributed by atoms with Crippen molar-refractivity contribution >= 4 is 40.3 Å². The first-order valence-corrected chi connectivity index (χ1v) is 9.52. The van der Waals surface area contributed by atoms with Gasteiger partial charge in [0.05, 0.1) is 16.3 Å². The molecule has 1 fully saturated rings. The Morgan fingerprint density at radius 3 is 2.15 bits per heavy atom. The Morgan fingerprint density at radius 1 is 0.852 bits per heavy atom. The van der Waals surface area contributed by atoms with Crippen molar-refractivity contribution in [2.75, 3.05) is 4.90 Å². The van der Waals surface area contributed by atoms with Gasteiger partial charge in [-0.2, -0.15) is 0 Å². The van der Waals surface area contributed by atoms with Crippen molar-refractivity contribution in [3.8, 4) is 0 Å². The summed E-state index contributed by atoms with van der Waals surface area (Å²) in [4.78, 5) is 20.2. The lowest BCUT2D eigenvalue weighted by Gasteiger charge is -2.15. The van der Waals surface area contributed by atoms with Crippen LogP contribution >= 0.6 is 11.8 Å². The van der Waals surface area contributed by atoms with Gasteiger partial charge in [0, 0.05) is 0 Å². The SMILES string of the molecule is Cc1ccc(/N=C2\S/C(=C\c3ccccc3)C(=O)N2c2ccccc2)cc1. The zero-order chi connectivity index (χ0) is 18.6. The van der Waals surface area contributed by atoms with E-state index in [2.05, 4.69) is 0 Å². The maximum absolute atomic E-state index is 13.1. The lowest BCUT2D eigenvalue weighted by atomic mass is 10.2. The van der Waals surface area contributed by atoms with E-state index >= 15 is 0 Å². The van der Waals surface area contributed by atoms with Crippen molar-refractivity contribution in [3.05, 3.63) is 101 Å². The van der Waals surface area contributed by atoms with Crippen LogP contribution in [0, 0.1) is 6.92 Å². The first-order valence-electron chi connectivity index (χ1n) is 8.70. The number of para-hydroxylation sites is 1. The number of aryl methyl sites for hydroxylation is 1. The largest absolute Gasteiger partial charge is 0.271 e. The smallest absolute Gasteiger partial charge is 0.268 e. The second-order valence-electron chi connectivity index (χ2n) is 6.23. The molecule has 0 radical (unpaired) electrons. The number of nitrogens with zero attached hydrogens (tertiary/aromatic N) is 2. The molecule has 3 aromatic rings. The molecule has 0 spiro atoms. The molecule has 4 rings (SSSR count). The second kappa shape index (κ2) is 7.64. The average Bonchev–Trinajstić information content (AvgIpc) is 3.00. The molecular weight excluding hydrogens is 352 g/mol. The van der Waals surface area contributed by atoms with Crippen molar-refractivity contribution in [2.45, 2.75) is 6.92 Å². The van der Waals surface area contributed by atoms with Crippen LogP contribution < -0.4 is 4.90 Å². The molecule has 3 nitrogen and oxygen atoms in total. The van der Waals surface area contributed by atoms with Gasteiger partial charge in [-0.15, -0.1) is 0 Å². The zero-order valence-electron chi connectivity index (χ0n) is 14.9. The Balaban J connectivity index is 1.76. The number of anilines is 1. The van der Waals surface area contributed by atoms with E-state index in [4.69, 9.17) is 4.99 Å². The molecule has 1 saturated heterocycles. The molecule has 1 aliphatic heterocycles. The predicted molar refractivity (Wildman–Crippen MR) is 114 cm³/mol. The van der Waals surface area contributed by atoms with Gasteiger partial charge >= 0.3 is 0 Å². The molecular formula is C23H18N2OS. The van der Waals surface area contributed by atoms with Crippen LogP contribution in [-0.4, -0.2) is 11.1 Å². The maximum atomic E-state index is 13.1. The van der Waals surface area contributed by atoms with E-state index in [1.165, 1.54) is 17.3 Å². The highest BCUT2D eigenvalue weighted by molar-refractivity contribution is 8.19. The molecule has 1 aliphatic rings. The van der Waals surface area contributed by atoms with Crippen molar-refractivity contribution < 1.29 is 4.79 Å². The quantitative estimate of drug-likeness (QED) is 0.546. The third-order valence-electron chi connectivity index (χ3n) is 4.18. The van der Waals surface area contributed by atoms with Crippen molar-refractivity contribution in [1.82, 2.24) is 0 Å². The Bertz CT molecular complexity index is 1010. The number of benzene rings is 3. The zero-order valence-corrected chi connectivity index (χ0v) is 15.7. The lowest BCUT2D eigenvalue weighted by molar-refractivity contribution is -0.113. The molecule has 0 unspecified atom stereocenters. The number of rotatable bonds is 3. The maximum Gasteiger partial charge on any atom is 0.271 e. The number of carbonyl (C=O) groups is 1. The molecule has 1 amide bonds. The van der Waals surface area contributed by atoms with Gasteiger partial charge in [0.1, 0.15) is 0 Å². The summed E-state index contributed by atoms with van der Waals surface area (Å²) >= 11 is 1.40. The van der Waals surface area contributed by atoms with Crippen molar-refractivity contribution in [1.29, 1.82) is 0 Å². The first kappa shape index (κ1) is 17.3. The summed E-state index contributed by atoms with van der Waals surface area (Å²) in [5.41, 5.74) is 3.83. The predicted octanol–water partition coefficient (Wildman–Crippen LogP) is 5.80. The average molecular weight is 370 g/mol. The minimum Gasteiger partial charge on any atom is -0.268 e. The molecule has 0 aromatic heterocycles. The van der Waals surface area contributed by atoms with E-state index in [0.29, 0.717) is 10.1 Å². The highest BCUT2D eigenvalue weighted by Crippen LogP contribution is 2.37. The summed E-state index contributed by atoms with van der Waals surface area (Å²) in [6.45, 7) is 2.04. The van der Waals surface area contributed by atoms with Gasteiger partial charge < -0.3 is 0 Å². The van der Waals surface area contributed by atoms with Crippen LogP contribution in [0.15, 0.2) is 94.8 Å². The van der Waals surface area contributed by atoms with E-state index in [1.54, 1.807) is 4.90 Å². The van der Waals surface area contributed by atoms with Gasteiger partial charge in [-0.1, -0.05) is 66.2 Å². The van der Waals surface area contributed by atoms with Crippen LogP contribution in [-0.2, 0) is 4.79 Å². The Morgan fingerprint density at radius 2 is 1.48 bits per heavy atom. The topological polar surface area (TPSA) is 32.7 Å². The number of amides is 1. The number of amidine groups is 1. The number of hydrogen-bond acceptors (Lipinski definition) is 3. The van der Waals surface area contributed by atoms with Gasteiger partial charge in [-0.05, 0) is 54.6 Å². The monoisotopic (exact) mass is 370 g/mol. The summed E-state index contributed by atoms with van der Waals surface area (Å²) in [7, 11) is 0. The van der Waals surface area contributed by atoms with Crippen molar-refractivity contribution in [3.63, 3.8) is 0 Å². The standard InChI is InChI=1S/C23H18N2OS/c1-17-12-14-19(15-13-17)24-23-25(20-10-6-3-7-11-20)22(26)21(27-23)16-18-8-4-2-5-9-18/h2-16H,1H3/b21-16-,24-23-. The van der Waals surface area contributed by atoms with Crippen LogP contribution in [0.2, 0.25) is 0 Å². The molecule has 27 heavy (non-hydrogen) atoms. The molecule has 4 heteroatoms. The summed E-state index contributed by atoms with van der Waals surface area (Å²) in [6, 6.07) is 27.5. The Hall–Kier alpha value is -3.11. The normalized spacial score (nSPS) is 17.1. The molecule has 132 valence electrons. The van der Waals surface area contributed by atoms with E-state index in [1.807, 2.05) is 97.9 Å². The lowest BCUT2D eigenvalue weighted by Crippen LogP contribution is -2.28. The first-order chi connectivity index (χ1) is 13.2. The highest BCUT2D eigenvalue weighted by Gasteiger charge is 2.34. The van der Waals surface area contributed by atoms with Gasteiger partial charge in [0.25, 0.3) is 5.91 Å². The molecule has 0 saturated carbocycles. The van der Waals surface area contributed by atoms with E-state index < -0.39 is 0 Å². The fourth-order valence-corrected chi connectivity index (χ4v) is 3.78. The minimum atomic E-state index is -0.0547. The molecule has 0 bridgehead atoms. The molecule has 3 aromatic carbocycles. The summed E-state index contributed by atoms with van der Waals surface area (Å²) in [5, 5.41) is 0.664. The van der Waals surface area contributed by atoms with Gasteiger partial charge in [-0.25, -0.2) is 4.99 Å². The molecule has 0 N–H and O–H groups in total. The fraction of sp³-hybridized carbons (Fsp3) is 0.0435. The van der Waals surface area contributed by atoms with E-state index in [0.717, 1.165) is 16.9 Å². The highest BCUT2D eigenvalue weighted by atomic mass is 32.2. The summed E-state index contributed by atoms with van der Waals surface area (Å²) in [6.07, 6.45) is 1.92. The van der Waals surface area contributed by atoms with Gasteiger partial charge in [-0.3, -0.25) is 9.69 Å². The Labute approximate surface area is 163 Å². The summed E-state index contributed by atoms with van der Waals surface area (Å²) in [5.74, 6) is -0.0547. The van der Waals surface area contributed by atoms with Crippen molar-refractivity contribution in [2.24, 2.45) is 4.99 Å². The fourth-order valence-electron chi connectivity index (χ4n) is 2.78. The van der Waals surface area contributed by atoms with Crippen LogP contribution in [0.5, 0.6) is 0 Å². The summed E-state index contributed by atoms with van der Waals surface area (Å²) < 4.78 is 0. The number of hydrogen-bond donors (Lipinski definition) is 0. The van der Waals surface area contributed by atoms with Crippen LogP contribution in [0.3, 0.4) is 0 Å².